The van der Waals surface area contributed by atoms with Crippen LogP contribution < -0.4 is 9.62 Å². The van der Waals surface area contributed by atoms with Crippen LogP contribution in [0.4, 0.5) is 5.69 Å². The van der Waals surface area contributed by atoms with E-state index in [4.69, 9.17) is 11.6 Å². The number of benzene rings is 2. The predicted molar refractivity (Wildman–Crippen MR) is 86.2 cm³/mol. The second-order valence-corrected chi connectivity index (χ2v) is 7.05. The van der Waals surface area contributed by atoms with E-state index in [2.05, 4.69) is 4.72 Å². The molecule has 21 heavy (non-hydrogen) atoms. The summed E-state index contributed by atoms with van der Waals surface area (Å²) >= 11 is 5.82. The number of rotatable bonds is 5. The monoisotopic (exact) mass is 324 g/mol. The molecule has 0 fully saturated rings. The first kappa shape index (κ1) is 15.8. The average molecular weight is 325 g/mol. The molecular weight excluding hydrogens is 308 g/mol. The third kappa shape index (κ3) is 4.20. The van der Waals surface area contributed by atoms with Gasteiger partial charge in [0, 0.05) is 31.4 Å². The molecule has 2 aromatic rings. The fourth-order valence-electron chi connectivity index (χ4n) is 1.81. The fourth-order valence-corrected chi connectivity index (χ4v) is 3.13. The van der Waals surface area contributed by atoms with Crippen LogP contribution in [0.25, 0.3) is 0 Å². The molecule has 4 nitrogen and oxygen atoms in total. The molecule has 0 unspecified atom stereocenters. The minimum absolute atomic E-state index is 0.167. The number of nitrogens with one attached hydrogen (secondary N) is 1. The Morgan fingerprint density at radius 3 is 2.33 bits per heavy atom. The van der Waals surface area contributed by atoms with Gasteiger partial charge in [-0.15, -0.1) is 0 Å². The minimum Gasteiger partial charge on any atom is -0.378 e. The highest BCUT2D eigenvalue weighted by molar-refractivity contribution is 7.89. The average Bonchev–Trinajstić information content (AvgIpc) is 2.45. The third-order valence-corrected chi connectivity index (χ3v) is 4.66. The second-order valence-electron chi connectivity index (χ2n) is 4.84. The van der Waals surface area contributed by atoms with Crippen LogP contribution in [-0.4, -0.2) is 22.5 Å². The van der Waals surface area contributed by atoms with Gasteiger partial charge in [-0.05, 0) is 35.9 Å². The Morgan fingerprint density at radius 2 is 1.76 bits per heavy atom. The zero-order valence-electron chi connectivity index (χ0n) is 11.9. The lowest BCUT2D eigenvalue weighted by Gasteiger charge is -2.13. The summed E-state index contributed by atoms with van der Waals surface area (Å²) in [5, 5.41) is 0.396. The van der Waals surface area contributed by atoms with Crippen molar-refractivity contribution in [1.29, 1.82) is 0 Å². The van der Waals surface area contributed by atoms with E-state index in [0.29, 0.717) is 5.02 Å². The van der Waals surface area contributed by atoms with Gasteiger partial charge in [-0.2, -0.15) is 0 Å². The summed E-state index contributed by atoms with van der Waals surface area (Å²) in [6.07, 6.45) is 0. The Hall–Kier alpha value is -1.56. The van der Waals surface area contributed by atoms with Gasteiger partial charge < -0.3 is 4.90 Å². The number of hydrogen-bond donors (Lipinski definition) is 1. The number of halogens is 1. The summed E-state index contributed by atoms with van der Waals surface area (Å²) in [5.74, 6) is 0. The maximum Gasteiger partial charge on any atom is 0.240 e. The zero-order valence-corrected chi connectivity index (χ0v) is 13.4. The predicted octanol–water partition coefficient (Wildman–Crippen LogP) is 2.88. The van der Waals surface area contributed by atoms with Crippen molar-refractivity contribution in [2.45, 2.75) is 11.4 Å². The number of anilines is 1. The van der Waals surface area contributed by atoms with Crippen molar-refractivity contribution in [2.75, 3.05) is 19.0 Å². The quantitative estimate of drug-likeness (QED) is 0.920. The molecule has 0 bridgehead atoms. The van der Waals surface area contributed by atoms with Gasteiger partial charge in [0.2, 0.25) is 10.0 Å². The number of nitrogens with zero attached hydrogens (tertiary/aromatic N) is 1. The molecule has 0 radical (unpaired) electrons. The topological polar surface area (TPSA) is 49.4 Å². The molecule has 6 heteroatoms. The number of sulfonamides is 1. The van der Waals surface area contributed by atoms with Gasteiger partial charge in [0.05, 0.1) is 4.90 Å². The Balaban J connectivity index is 2.08. The second kappa shape index (κ2) is 6.47. The maximum absolute atomic E-state index is 12.2. The third-order valence-electron chi connectivity index (χ3n) is 3.03. The van der Waals surface area contributed by atoms with Crippen LogP contribution >= 0.6 is 11.6 Å². The summed E-state index contributed by atoms with van der Waals surface area (Å²) in [6.45, 7) is 0.239. The first-order valence-electron chi connectivity index (χ1n) is 6.40. The van der Waals surface area contributed by atoms with E-state index in [9.17, 15) is 8.42 Å². The largest absolute Gasteiger partial charge is 0.378 e. The molecule has 0 saturated heterocycles. The highest BCUT2D eigenvalue weighted by Crippen LogP contribution is 2.16. The van der Waals surface area contributed by atoms with Crippen LogP contribution in [0.15, 0.2) is 53.4 Å². The van der Waals surface area contributed by atoms with Crippen LogP contribution in [0.1, 0.15) is 5.56 Å². The van der Waals surface area contributed by atoms with E-state index < -0.39 is 10.0 Å². The molecule has 0 atom stereocenters. The molecule has 0 aliphatic rings. The van der Waals surface area contributed by atoms with Gasteiger partial charge in [0.15, 0.2) is 0 Å². The lowest BCUT2D eigenvalue weighted by Crippen LogP contribution is -2.23. The Morgan fingerprint density at radius 1 is 1.10 bits per heavy atom. The smallest absolute Gasteiger partial charge is 0.240 e. The molecule has 0 heterocycles. The van der Waals surface area contributed by atoms with E-state index in [1.54, 1.807) is 12.1 Å². The van der Waals surface area contributed by atoms with Crippen molar-refractivity contribution in [3.8, 4) is 0 Å². The molecule has 1 N–H and O–H groups in total. The number of hydrogen-bond acceptors (Lipinski definition) is 3. The fraction of sp³-hybridized carbons (Fsp3) is 0.200. The highest BCUT2D eigenvalue weighted by Gasteiger charge is 2.13. The summed E-state index contributed by atoms with van der Waals surface area (Å²) in [6, 6.07) is 13.9. The SMILES string of the molecule is CN(C)c1ccc(CNS(=O)(=O)c2cccc(Cl)c2)cc1. The Kier molecular flexibility index (Phi) is 4.88. The van der Waals surface area contributed by atoms with Crippen molar-refractivity contribution >= 4 is 27.3 Å². The van der Waals surface area contributed by atoms with Gasteiger partial charge in [-0.1, -0.05) is 29.8 Å². The first-order chi connectivity index (χ1) is 9.88. The Bertz CT molecular complexity index is 713. The van der Waals surface area contributed by atoms with E-state index in [1.807, 2.05) is 43.3 Å². The standard InChI is InChI=1S/C15H17ClN2O2S/c1-18(2)14-8-6-12(7-9-14)11-17-21(19,20)15-5-3-4-13(16)10-15/h3-10,17H,11H2,1-2H3. The van der Waals surface area contributed by atoms with Gasteiger partial charge >= 0.3 is 0 Å². The molecule has 0 spiro atoms. The molecule has 0 aromatic heterocycles. The van der Waals surface area contributed by atoms with E-state index in [1.165, 1.54) is 12.1 Å². The first-order valence-corrected chi connectivity index (χ1v) is 8.26. The molecular formula is C15H17ClN2O2S. The van der Waals surface area contributed by atoms with Crippen LogP contribution in [0, 0.1) is 0 Å². The van der Waals surface area contributed by atoms with Gasteiger partial charge in [0.25, 0.3) is 0 Å². The summed E-state index contributed by atoms with van der Waals surface area (Å²) < 4.78 is 26.9. The Labute approximate surface area is 130 Å². The van der Waals surface area contributed by atoms with Gasteiger partial charge in [-0.25, -0.2) is 13.1 Å². The van der Waals surface area contributed by atoms with E-state index >= 15 is 0 Å². The molecule has 0 aliphatic carbocycles. The molecule has 0 amide bonds. The normalized spacial score (nSPS) is 11.4. The lowest BCUT2D eigenvalue weighted by molar-refractivity contribution is 0.581. The van der Waals surface area contributed by atoms with Crippen molar-refractivity contribution in [3.05, 3.63) is 59.1 Å². The van der Waals surface area contributed by atoms with Gasteiger partial charge in [-0.3, -0.25) is 0 Å². The highest BCUT2D eigenvalue weighted by atomic mass is 35.5. The molecule has 2 rings (SSSR count). The van der Waals surface area contributed by atoms with Crippen molar-refractivity contribution in [3.63, 3.8) is 0 Å². The zero-order chi connectivity index (χ0) is 15.5. The van der Waals surface area contributed by atoms with Crippen molar-refractivity contribution in [2.24, 2.45) is 0 Å². The van der Waals surface area contributed by atoms with Crippen LogP contribution in [0.3, 0.4) is 0 Å². The van der Waals surface area contributed by atoms with E-state index in [-0.39, 0.29) is 11.4 Å². The van der Waals surface area contributed by atoms with Crippen molar-refractivity contribution < 1.29 is 8.42 Å². The summed E-state index contributed by atoms with van der Waals surface area (Å²) in [4.78, 5) is 2.15. The lowest BCUT2D eigenvalue weighted by atomic mass is 10.2. The molecule has 0 aliphatic heterocycles. The maximum atomic E-state index is 12.2. The minimum atomic E-state index is -3.55. The van der Waals surface area contributed by atoms with Crippen LogP contribution in [-0.2, 0) is 16.6 Å². The van der Waals surface area contributed by atoms with Gasteiger partial charge in [0.1, 0.15) is 0 Å². The molecule has 0 saturated carbocycles. The molecule has 112 valence electrons. The summed E-state index contributed by atoms with van der Waals surface area (Å²) in [5.41, 5.74) is 1.96. The summed E-state index contributed by atoms with van der Waals surface area (Å²) in [7, 11) is 0.358. The van der Waals surface area contributed by atoms with E-state index in [0.717, 1.165) is 11.3 Å². The van der Waals surface area contributed by atoms with Crippen LogP contribution in [0.5, 0.6) is 0 Å². The van der Waals surface area contributed by atoms with Crippen molar-refractivity contribution in [1.82, 2.24) is 4.72 Å². The molecule has 2 aromatic carbocycles. The van der Waals surface area contributed by atoms with Crippen LogP contribution in [0.2, 0.25) is 5.02 Å².